The van der Waals surface area contributed by atoms with E-state index in [1.165, 1.54) is 76.3 Å². The molecule has 0 saturated heterocycles. The summed E-state index contributed by atoms with van der Waals surface area (Å²) in [6.45, 7) is 5.82. The molecule has 2 N–H and O–H groups in total. The molecule has 3 aromatic rings. The molecule has 0 aliphatic carbocycles. The summed E-state index contributed by atoms with van der Waals surface area (Å²) in [5.41, 5.74) is 5.93. The number of amides is 2. The molecule has 0 saturated carbocycles. The molecule has 0 radical (unpaired) electrons. The second-order valence-electron chi connectivity index (χ2n) is 10.1. The first-order valence-electron chi connectivity index (χ1n) is 14.5. The number of nitrogens with zero attached hydrogens (tertiary/aromatic N) is 1. The number of aryl methyl sites for hydroxylation is 1. The van der Waals surface area contributed by atoms with Crippen molar-refractivity contribution in [3.63, 3.8) is 0 Å². The van der Waals surface area contributed by atoms with Crippen molar-refractivity contribution in [1.82, 2.24) is 0 Å². The average molecular weight is 617 g/mol. The van der Waals surface area contributed by atoms with Crippen molar-refractivity contribution in [3.8, 4) is 5.75 Å². The predicted molar refractivity (Wildman–Crippen MR) is 160 cm³/mol. The minimum atomic E-state index is -0.275. The van der Waals surface area contributed by atoms with Gasteiger partial charge in [-0.05, 0) is 30.7 Å². The Morgan fingerprint density at radius 1 is 0.846 bits per heavy atom. The summed E-state index contributed by atoms with van der Waals surface area (Å²) in [7, 11) is 0. The van der Waals surface area contributed by atoms with Crippen molar-refractivity contribution < 1.29 is 31.1 Å². The Bertz CT molecular complexity index is 1090. The fraction of sp³-hybridized carbons (Fsp3) is 0.500. The second-order valence-corrected chi connectivity index (χ2v) is 10.9. The Hall–Kier alpha value is -2.38. The summed E-state index contributed by atoms with van der Waals surface area (Å²) in [5, 5.41) is 8.04. The number of hydrogen-bond acceptors (Lipinski definition) is 3. The van der Waals surface area contributed by atoms with Crippen LogP contribution < -0.4 is 36.9 Å². The number of nitrogens with one attached hydrogen (secondary N) is 2. The molecule has 0 aliphatic heterocycles. The van der Waals surface area contributed by atoms with E-state index in [4.69, 9.17) is 4.74 Å². The van der Waals surface area contributed by atoms with Gasteiger partial charge in [0.25, 0.3) is 0 Å². The molecule has 0 bridgehead atoms. The second kappa shape index (κ2) is 19.6. The zero-order valence-electron chi connectivity index (χ0n) is 23.7. The van der Waals surface area contributed by atoms with Crippen LogP contribution in [0, 0.1) is 6.92 Å². The van der Waals surface area contributed by atoms with E-state index >= 15 is 0 Å². The lowest BCUT2D eigenvalue weighted by atomic mass is 10.1. The summed E-state index contributed by atoms with van der Waals surface area (Å²) in [4.78, 5) is 12.7. The molecule has 2 amide bonds. The van der Waals surface area contributed by atoms with Gasteiger partial charge in [-0.2, -0.15) is 4.57 Å². The van der Waals surface area contributed by atoms with Crippen molar-refractivity contribution in [2.45, 2.75) is 97.4 Å². The summed E-state index contributed by atoms with van der Waals surface area (Å²) in [5.74, 6) is 0.712. The molecule has 1 heterocycles. The van der Waals surface area contributed by atoms with Crippen LogP contribution in [0.2, 0.25) is 0 Å². The molecule has 3 rings (SSSR count). The highest BCUT2D eigenvalue weighted by Gasteiger charge is 2.11. The van der Waals surface area contributed by atoms with Crippen molar-refractivity contribution in [2.75, 3.05) is 17.2 Å². The molecular weight excluding hydrogens is 570 g/mol. The van der Waals surface area contributed by atoms with Crippen molar-refractivity contribution in [3.05, 3.63) is 70.7 Å². The van der Waals surface area contributed by atoms with Crippen LogP contribution in [0.1, 0.15) is 95.2 Å². The molecule has 39 heavy (non-hydrogen) atoms. The van der Waals surface area contributed by atoms with Crippen LogP contribution in [0.4, 0.5) is 16.2 Å². The van der Waals surface area contributed by atoms with E-state index in [-0.39, 0.29) is 23.0 Å². The first-order chi connectivity index (χ1) is 18.7. The third kappa shape index (κ3) is 13.0. The van der Waals surface area contributed by atoms with Gasteiger partial charge in [-0.25, -0.2) is 4.79 Å². The van der Waals surface area contributed by atoms with E-state index in [1.807, 2.05) is 42.5 Å². The fourth-order valence-corrected chi connectivity index (χ4v) is 5.35. The highest BCUT2D eigenvalue weighted by atomic mass is 79.9. The fourth-order valence-electron chi connectivity index (χ4n) is 4.56. The number of hydrogen-bond donors (Lipinski definition) is 2. The Balaban J connectivity index is 0.00000533. The van der Waals surface area contributed by atoms with Crippen molar-refractivity contribution in [2.24, 2.45) is 0 Å². The Morgan fingerprint density at radius 2 is 1.51 bits per heavy atom. The number of halogens is 1. The standard InChI is InChI=1S/C32H45N3O2S.BrH/c1-3-4-5-6-7-8-9-10-11-12-13-16-22-37-31-21-15-14-20-30(31)34-32(36)33-29-19-17-18-28(23-29)24-35-26-38-25-27(35)2;/h14-15,17-21,23,25-26H,3-13,16,22,24H2,1-2H3,(H-,33,34,36);1H. The Morgan fingerprint density at radius 3 is 2.18 bits per heavy atom. The van der Waals surface area contributed by atoms with Crippen LogP contribution in [0.25, 0.3) is 0 Å². The van der Waals surface area contributed by atoms with E-state index in [1.54, 1.807) is 11.3 Å². The van der Waals surface area contributed by atoms with Crippen LogP contribution >= 0.6 is 11.3 Å². The van der Waals surface area contributed by atoms with Gasteiger partial charge in [0.05, 0.1) is 17.7 Å². The van der Waals surface area contributed by atoms with Gasteiger partial charge >= 0.3 is 6.03 Å². The maximum Gasteiger partial charge on any atom is 0.323 e. The van der Waals surface area contributed by atoms with Crippen LogP contribution in [-0.4, -0.2) is 12.6 Å². The van der Waals surface area contributed by atoms with Crippen LogP contribution in [0.15, 0.2) is 59.4 Å². The number of benzene rings is 2. The lowest BCUT2D eigenvalue weighted by molar-refractivity contribution is -0.689. The van der Waals surface area contributed by atoms with E-state index in [0.717, 1.165) is 24.2 Å². The zero-order chi connectivity index (χ0) is 26.8. The average Bonchev–Trinajstić information content (AvgIpc) is 3.31. The topological polar surface area (TPSA) is 54.2 Å². The number of carbonyl (C=O) groups excluding carboxylic acids is 1. The lowest BCUT2D eigenvalue weighted by Gasteiger charge is -2.13. The van der Waals surface area contributed by atoms with Crippen molar-refractivity contribution >= 4 is 28.7 Å². The minimum absolute atomic E-state index is 0. The molecule has 2 aromatic carbocycles. The van der Waals surface area contributed by atoms with E-state index in [0.29, 0.717) is 18.0 Å². The Kier molecular flexibility index (Phi) is 16.5. The van der Waals surface area contributed by atoms with Gasteiger partial charge in [0.2, 0.25) is 5.51 Å². The molecule has 0 aliphatic rings. The maximum absolute atomic E-state index is 12.7. The quantitative estimate of drug-likeness (QED) is 0.134. The van der Waals surface area contributed by atoms with Gasteiger partial charge in [-0.15, -0.1) is 0 Å². The monoisotopic (exact) mass is 615 g/mol. The largest absolute Gasteiger partial charge is 1.00 e. The van der Waals surface area contributed by atoms with Crippen LogP contribution in [-0.2, 0) is 6.54 Å². The number of rotatable bonds is 18. The molecule has 0 unspecified atom stereocenters. The van der Waals surface area contributed by atoms with E-state index in [9.17, 15) is 4.79 Å². The van der Waals surface area contributed by atoms with Gasteiger partial charge in [0.1, 0.15) is 5.75 Å². The lowest BCUT2D eigenvalue weighted by Crippen LogP contribution is -3.00. The SMILES string of the molecule is CCCCCCCCCCCCCCOc1ccccc1NC(=O)Nc1cccc(C[n+]2cscc2C)c1.[Br-]. The summed E-state index contributed by atoms with van der Waals surface area (Å²) >= 11 is 1.69. The first-order valence-corrected chi connectivity index (χ1v) is 15.4. The number of unbranched alkanes of at least 4 members (excludes halogenated alkanes) is 11. The number of anilines is 2. The van der Waals surface area contributed by atoms with Gasteiger partial charge in [-0.1, -0.05) is 113 Å². The van der Waals surface area contributed by atoms with Crippen LogP contribution in [0.5, 0.6) is 5.75 Å². The van der Waals surface area contributed by atoms with Crippen molar-refractivity contribution in [1.29, 1.82) is 0 Å². The normalized spacial score (nSPS) is 10.6. The molecule has 0 atom stereocenters. The zero-order valence-corrected chi connectivity index (χ0v) is 26.1. The van der Waals surface area contributed by atoms with Gasteiger partial charge in [0.15, 0.2) is 12.2 Å². The molecule has 0 fully saturated rings. The molecule has 5 nitrogen and oxygen atoms in total. The summed E-state index contributed by atoms with van der Waals surface area (Å²) in [6, 6.07) is 15.3. The molecular formula is C32H46BrN3O2S. The Labute approximate surface area is 250 Å². The smallest absolute Gasteiger partial charge is 0.323 e. The number of thiazole rings is 1. The number of para-hydroxylation sites is 2. The summed E-state index contributed by atoms with van der Waals surface area (Å²) in [6.07, 6.45) is 15.9. The van der Waals surface area contributed by atoms with Gasteiger partial charge in [-0.3, -0.25) is 0 Å². The highest BCUT2D eigenvalue weighted by Crippen LogP contribution is 2.24. The van der Waals surface area contributed by atoms with E-state index < -0.39 is 0 Å². The molecule has 1 aromatic heterocycles. The predicted octanol–water partition coefficient (Wildman–Crippen LogP) is 6.12. The number of carbonyl (C=O) groups is 1. The number of urea groups is 1. The minimum Gasteiger partial charge on any atom is -1.00 e. The molecule has 214 valence electrons. The van der Waals surface area contributed by atoms with Gasteiger partial charge < -0.3 is 32.4 Å². The van der Waals surface area contributed by atoms with E-state index in [2.05, 4.69) is 46.0 Å². The number of aromatic nitrogens is 1. The third-order valence-corrected chi connectivity index (χ3v) is 7.66. The summed E-state index contributed by atoms with van der Waals surface area (Å²) < 4.78 is 8.23. The molecule has 0 spiro atoms. The van der Waals surface area contributed by atoms with Crippen LogP contribution in [0.3, 0.4) is 0 Å². The third-order valence-electron chi connectivity index (χ3n) is 6.81. The molecule has 7 heteroatoms. The maximum atomic E-state index is 12.7. The number of ether oxygens (including phenoxy) is 1. The van der Waals surface area contributed by atoms with Gasteiger partial charge in [0, 0.05) is 18.2 Å². The first kappa shape index (κ1) is 32.8. The highest BCUT2D eigenvalue weighted by molar-refractivity contribution is 7.07.